The predicted molar refractivity (Wildman–Crippen MR) is 99.8 cm³/mol. The molecule has 3 aromatic heterocycles. The first kappa shape index (κ1) is 15.4. The Hall–Kier alpha value is -3.18. The molecule has 3 heterocycles. The fourth-order valence-corrected chi connectivity index (χ4v) is 2.78. The summed E-state index contributed by atoms with van der Waals surface area (Å²) in [7, 11) is 0. The number of H-pyrrole nitrogens is 1. The van der Waals surface area contributed by atoms with Crippen LogP contribution in [0, 0.1) is 0 Å². The third-order valence-electron chi connectivity index (χ3n) is 3.73. The summed E-state index contributed by atoms with van der Waals surface area (Å²) in [6.07, 6.45) is 5.32. The fourth-order valence-electron chi connectivity index (χ4n) is 2.59. The lowest BCUT2D eigenvalue weighted by molar-refractivity contribution is 1.09. The Kier molecular flexibility index (Phi) is 4.14. The lowest BCUT2D eigenvalue weighted by Gasteiger charge is -2.08. The molecule has 1 aromatic carbocycles. The topological polar surface area (TPSA) is 66.5 Å². The quantitative estimate of drug-likeness (QED) is 0.549. The van der Waals surface area contributed by atoms with Crippen molar-refractivity contribution in [3.8, 4) is 22.5 Å². The molecule has 0 unspecified atom stereocenters. The minimum absolute atomic E-state index is 0.674. The Morgan fingerprint density at radius 3 is 2.72 bits per heavy atom. The molecule has 5 nitrogen and oxygen atoms in total. The molecule has 0 saturated heterocycles. The molecule has 4 rings (SSSR count). The summed E-state index contributed by atoms with van der Waals surface area (Å²) < 4.78 is 0. The van der Waals surface area contributed by atoms with Crippen molar-refractivity contribution in [3.63, 3.8) is 0 Å². The second-order valence-electron chi connectivity index (χ2n) is 5.44. The summed E-state index contributed by atoms with van der Waals surface area (Å²) >= 11 is 6.03. The SMILES string of the molecule is Clc1cccc(Nc2cc(-c3cn[nH]c3-c3ccccn3)ccn2)c1. The highest BCUT2D eigenvalue weighted by Crippen LogP contribution is 2.30. The zero-order chi connectivity index (χ0) is 17.1. The summed E-state index contributed by atoms with van der Waals surface area (Å²) in [4.78, 5) is 8.77. The molecule has 0 saturated carbocycles. The van der Waals surface area contributed by atoms with Gasteiger partial charge in [0, 0.05) is 28.7 Å². The van der Waals surface area contributed by atoms with Gasteiger partial charge in [-0.05, 0) is 48.0 Å². The lowest BCUT2D eigenvalue weighted by Crippen LogP contribution is -1.94. The molecule has 4 aromatic rings. The average molecular weight is 348 g/mol. The standard InChI is InChI=1S/C19H14ClN5/c20-14-4-3-5-15(11-14)24-18-10-13(7-9-22-18)16-12-23-25-19(16)17-6-1-2-8-21-17/h1-12H,(H,22,24)(H,23,25). The van der Waals surface area contributed by atoms with E-state index in [9.17, 15) is 0 Å². The predicted octanol–water partition coefficient (Wildman–Crippen LogP) is 4.93. The molecule has 6 heteroatoms. The first-order valence-electron chi connectivity index (χ1n) is 7.73. The van der Waals surface area contributed by atoms with Crippen molar-refractivity contribution in [2.24, 2.45) is 0 Å². The molecule has 25 heavy (non-hydrogen) atoms. The van der Waals surface area contributed by atoms with E-state index in [0.717, 1.165) is 34.0 Å². The highest BCUT2D eigenvalue weighted by atomic mass is 35.5. The molecule has 0 radical (unpaired) electrons. The molecule has 122 valence electrons. The van der Waals surface area contributed by atoms with Gasteiger partial charge in [0.25, 0.3) is 0 Å². The van der Waals surface area contributed by atoms with E-state index in [1.54, 1.807) is 18.6 Å². The second-order valence-corrected chi connectivity index (χ2v) is 5.88. The van der Waals surface area contributed by atoms with Gasteiger partial charge in [-0.2, -0.15) is 5.10 Å². The summed E-state index contributed by atoms with van der Waals surface area (Å²) in [5, 5.41) is 11.1. The number of hydrogen-bond acceptors (Lipinski definition) is 4. The largest absolute Gasteiger partial charge is 0.340 e. The van der Waals surface area contributed by atoms with Crippen molar-refractivity contribution < 1.29 is 0 Å². The molecule has 0 aliphatic carbocycles. The van der Waals surface area contributed by atoms with Crippen molar-refractivity contribution >= 4 is 23.1 Å². The number of halogens is 1. The Bertz CT molecular complexity index is 997. The van der Waals surface area contributed by atoms with Crippen LogP contribution in [0.15, 0.2) is 73.2 Å². The second kappa shape index (κ2) is 6.75. The van der Waals surface area contributed by atoms with E-state index in [1.165, 1.54) is 0 Å². The molecular formula is C19H14ClN5. The number of rotatable bonds is 4. The van der Waals surface area contributed by atoms with Gasteiger partial charge in [-0.3, -0.25) is 10.1 Å². The van der Waals surface area contributed by atoms with E-state index in [4.69, 9.17) is 11.6 Å². The van der Waals surface area contributed by atoms with Gasteiger partial charge in [-0.1, -0.05) is 23.7 Å². The van der Waals surface area contributed by atoms with E-state index in [-0.39, 0.29) is 0 Å². The maximum atomic E-state index is 6.03. The number of nitrogens with zero attached hydrogens (tertiary/aromatic N) is 3. The van der Waals surface area contributed by atoms with Gasteiger partial charge in [-0.25, -0.2) is 4.98 Å². The Morgan fingerprint density at radius 2 is 1.88 bits per heavy atom. The van der Waals surface area contributed by atoms with Crippen LogP contribution < -0.4 is 5.32 Å². The van der Waals surface area contributed by atoms with Crippen LogP contribution in [-0.4, -0.2) is 20.2 Å². The number of anilines is 2. The van der Waals surface area contributed by atoms with Crippen molar-refractivity contribution in [2.45, 2.75) is 0 Å². The number of aromatic amines is 1. The van der Waals surface area contributed by atoms with Gasteiger partial charge in [0.2, 0.25) is 0 Å². The maximum absolute atomic E-state index is 6.03. The van der Waals surface area contributed by atoms with E-state index in [2.05, 4.69) is 25.5 Å². The van der Waals surface area contributed by atoms with Crippen LogP contribution >= 0.6 is 11.6 Å². The molecule has 0 spiro atoms. The van der Waals surface area contributed by atoms with Crippen LogP contribution in [0.5, 0.6) is 0 Å². The zero-order valence-electron chi connectivity index (χ0n) is 13.1. The van der Waals surface area contributed by atoms with Crippen LogP contribution in [-0.2, 0) is 0 Å². The fraction of sp³-hybridized carbons (Fsp3) is 0. The highest BCUT2D eigenvalue weighted by Gasteiger charge is 2.11. The summed E-state index contributed by atoms with van der Waals surface area (Å²) in [6.45, 7) is 0. The molecule has 0 aliphatic heterocycles. The van der Waals surface area contributed by atoms with Crippen molar-refractivity contribution in [2.75, 3.05) is 5.32 Å². The number of pyridine rings is 2. The first-order chi connectivity index (χ1) is 12.3. The van der Waals surface area contributed by atoms with E-state index >= 15 is 0 Å². The number of benzene rings is 1. The van der Waals surface area contributed by atoms with Crippen LogP contribution in [0.25, 0.3) is 22.5 Å². The maximum Gasteiger partial charge on any atom is 0.130 e. The zero-order valence-corrected chi connectivity index (χ0v) is 13.9. The van der Waals surface area contributed by atoms with Gasteiger partial charge >= 0.3 is 0 Å². The molecule has 0 amide bonds. The third-order valence-corrected chi connectivity index (χ3v) is 3.96. The van der Waals surface area contributed by atoms with Crippen LogP contribution in [0.4, 0.5) is 11.5 Å². The number of hydrogen-bond donors (Lipinski definition) is 2. The van der Waals surface area contributed by atoms with Gasteiger partial charge < -0.3 is 5.32 Å². The summed E-state index contributed by atoms with van der Waals surface area (Å²) in [6, 6.07) is 17.2. The lowest BCUT2D eigenvalue weighted by atomic mass is 10.1. The molecular weight excluding hydrogens is 334 g/mol. The van der Waals surface area contributed by atoms with E-state index < -0.39 is 0 Å². The third kappa shape index (κ3) is 3.36. The number of aromatic nitrogens is 4. The number of nitrogens with one attached hydrogen (secondary N) is 2. The van der Waals surface area contributed by atoms with Crippen molar-refractivity contribution in [1.82, 2.24) is 20.2 Å². The van der Waals surface area contributed by atoms with Gasteiger partial charge in [0.15, 0.2) is 0 Å². The molecule has 0 atom stereocenters. The van der Waals surface area contributed by atoms with Gasteiger partial charge in [0.05, 0.1) is 17.6 Å². The summed E-state index contributed by atoms with van der Waals surface area (Å²) in [5.74, 6) is 0.730. The van der Waals surface area contributed by atoms with E-state index in [1.807, 2.05) is 54.6 Å². The Morgan fingerprint density at radius 1 is 0.920 bits per heavy atom. The molecule has 2 N–H and O–H groups in total. The monoisotopic (exact) mass is 347 g/mol. The first-order valence-corrected chi connectivity index (χ1v) is 8.11. The van der Waals surface area contributed by atoms with Gasteiger partial charge in [-0.15, -0.1) is 0 Å². The van der Waals surface area contributed by atoms with E-state index in [0.29, 0.717) is 5.02 Å². The van der Waals surface area contributed by atoms with Crippen LogP contribution in [0.1, 0.15) is 0 Å². The smallest absolute Gasteiger partial charge is 0.130 e. The minimum Gasteiger partial charge on any atom is -0.340 e. The van der Waals surface area contributed by atoms with Crippen molar-refractivity contribution in [3.05, 3.63) is 78.2 Å². The Balaban J connectivity index is 1.68. The van der Waals surface area contributed by atoms with Crippen molar-refractivity contribution in [1.29, 1.82) is 0 Å². The van der Waals surface area contributed by atoms with Gasteiger partial charge in [0.1, 0.15) is 5.82 Å². The van der Waals surface area contributed by atoms with Crippen LogP contribution in [0.3, 0.4) is 0 Å². The Labute approximate surface area is 149 Å². The highest BCUT2D eigenvalue weighted by molar-refractivity contribution is 6.30. The normalized spacial score (nSPS) is 10.6. The summed E-state index contributed by atoms with van der Waals surface area (Å²) in [5.41, 5.74) is 4.56. The molecule has 0 fully saturated rings. The molecule has 0 aliphatic rings. The molecule has 0 bridgehead atoms. The average Bonchev–Trinajstić information content (AvgIpc) is 3.13. The van der Waals surface area contributed by atoms with Crippen LogP contribution in [0.2, 0.25) is 5.02 Å². The minimum atomic E-state index is 0.674.